The van der Waals surface area contributed by atoms with Gasteiger partial charge in [-0.2, -0.15) is 13.2 Å². The Bertz CT molecular complexity index is 704. The van der Waals surface area contributed by atoms with Gasteiger partial charge in [-0.3, -0.25) is 9.36 Å². The molecule has 1 aliphatic rings. The van der Waals surface area contributed by atoms with Crippen LogP contribution in [0.3, 0.4) is 0 Å². The largest absolute Gasteiger partial charge is 0.433 e. The number of oxazole rings is 1. The summed E-state index contributed by atoms with van der Waals surface area (Å²) in [6, 6.07) is 1.11. The smallest absolute Gasteiger partial charge is 0.432 e. The van der Waals surface area contributed by atoms with Crippen molar-refractivity contribution >= 4 is 6.01 Å². The lowest BCUT2D eigenvalue weighted by atomic mass is 9.97. The van der Waals surface area contributed by atoms with Crippen LogP contribution in [-0.4, -0.2) is 27.6 Å². The van der Waals surface area contributed by atoms with Gasteiger partial charge < -0.3 is 9.32 Å². The third kappa shape index (κ3) is 3.54. The second-order valence-corrected chi connectivity index (χ2v) is 5.51. The van der Waals surface area contributed by atoms with E-state index in [2.05, 4.69) is 9.97 Å². The second kappa shape index (κ2) is 6.05. The van der Waals surface area contributed by atoms with Crippen molar-refractivity contribution in [3.63, 3.8) is 0 Å². The highest BCUT2D eigenvalue weighted by molar-refractivity contribution is 5.25. The zero-order valence-corrected chi connectivity index (χ0v) is 12.2. The summed E-state index contributed by atoms with van der Waals surface area (Å²) in [5, 5.41) is 0. The Kier molecular flexibility index (Phi) is 4.10. The molecule has 1 fully saturated rings. The van der Waals surface area contributed by atoms with Gasteiger partial charge in [-0.25, -0.2) is 9.97 Å². The first-order valence-corrected chi connectivity index (χ1v) is 7.21. The van der Waals surface area contributed by atoms with Crippen LogP contribution in [0.2, 0.25) is 0 Å². The van der Waals surface area contributed by atoms with E-state index < -0.39 is 17.4 Å². The van der Waals surface area contributed by atoms with Crippen LogP contribution in [-0.2, 0) is 12.7 Å². The van der Waals surface area contributed by atoms with Gasteiger partial charge >= 0.3 is 6.18 Å². The molecule has 2 aromatic heterocycles. The monoisotopic (exact) mass is 328 g/mol. The molecule has 0 unspecified atom stereocenters. The van der Waals surface area contributed by atoms with Crippen molar-refractivity contribution in [2.75, 3.05) is 18.0 Å². The predicted octanol–water partition coefficient (Wildman–Crippen LogP) is 2.17. The molecule has 0 atom stereocenters. The van der Waals surface area contributed by atoms with Crippen LogP contribution in [0.15, 0.2) is 34.1 Å². The second-order valence-electron chi connectivity index (χ2n) is 5.51. The average Bonchev–Trinajstić information content (AvgIpc) is 3.03. The molecule has 9 heteroatoms. The minimum atomic E-state index is -4.60. The summed E-state index contributed by atoms with van der Waals surface area (Å²) in [4.78, 5) is 21.2. The van der Waals surface area contributed by atoms with E-state index in [4.69, 9.17) is 4.42 Å². The lowest BCUT2D eigenvalue weighted by Gasteiger charge is -2.31. The number of hydrogen-bond donors (Lipinski definition) is 0. The van der Waals surface area contributed by atoms with E-state index in [0.717, 1.165) is 32.3 Å². The number of halogens is 3. The summed E-state index contributed by atoms with van der Waals surface area (Å²) in [7, 11) is 0. The van der Waals surface area contributed by atoms with Crippen LogP contribution in [0.4, 0.5) is 19.2 Å². The van der Waals surface area contributed by atoms with Crippen molar-refractivity contribution in [3.8, 4) is 0 Å². The first kappa shape index (κ1) is 15.6. The number of hydrogen-bond acceptors (Lipinski definition) is 5. The Hall–Kier alpha value is -2.32. The summed E-state index contributed by atoms with van der Waals surface area (Å²) < 4.78 is 44.0. The minimum absolute atomic E-state index is 0.206. The summed E-state index contributed by atoms with van der Waals surface area (Å²) in [6.45, 7) is 1.82. The van der Waals surface area contributed by atoms with Gasteiger partial charge in [-0.05, 0) is 18.8 Å². The fraction of sp³-hybridized carbons (Fsp3) is 0.500. The maximum atomic E-state index is 12.5. The lowest BCUT2D eigenvalue weighted by molar-refractivity contribution is -0.141. The predicted molar refractivity (Wildman–Crippen MR) is 74.9 cm³/mol. The molecule has 0 aliphatic carbocycles. The number of aromatic nitrogens is 3. The normalized spacial score (nSPS) is 16.7. The highest BCUT2D eigenvalue weighted by Gasteiger charge is 2.33. The van der Waals surface area contributed by atoms with E-state index >= 15 is 0 Å². The molecule has 0 aromatic carbocycles. The van der Waals surface area contributed by atoms with E-state index in [1.54, 1.807) is 6.20 Å². The van der Waals surface area contributed by atoms with Crippen LogP contribution < -0.4 is 10.5 Å². The molecule has 3 rings (SSSR count). The Morgan fingerprint density at radius 2 is 2.00 bits per heavy atom. The Balaban J connectivity index is 1.62. The van der Waals surface area contributed by atoms with Crippen LogP contribution in [0.5, 0.6) is 0 Å². The van der Waals surface area contributed by atoms with Crippen LogP contribution in [0, 0.1) is 5.92 Å². The molecule has 23 heavy (non-hydrogen) atoms. The van der Waals surface area contributed by atoms with E-state index in [1.165, 1.54) is 10.8 Å². The van der Waals surface area contributed by atoms with Crippen LogP contribution in [0.1, 0.15) is 18.5 Å². The minimum Gasteiger partial charge on any atom is -0.432 e. The highest BCUT2D eigenvalue weighted by Crippen LogP contribution is 2.26. The molecule has 0 spiro atoms. The number of nitrogens with zero attached hydrogens (tertiary/aromatic N) is 4. The molecule has 0 N–H and O–H groups in total. The molecular formula is C14H15F3N4O2. The van der Waals surface area contributed by atoms with Crippen molar-refractivity contribution in [3.05, 3.63) is 40.9 Å². The van der Waals surface area contributed by atoms with E-state index in [0.29, 0.717) is 18.6 Å². The highest BCUT2D eigenvalue weighted by atomic mass is 19.4. The number of anilines is 1. The summed E-state index contributed by atoms with van der Waals surface area (Å²) in [6.07, 6.45) is 1.07. The zero-order chi connectivity index (χ0) is 16.4. The van der Waals surface area contributed by atoms with Crippen molar-refractivity contribution < 1.29 is 17.6 Å². The first-order valence-electron chi connectivity index (χ1n) is 7.21. The lowest BCUT2D eigenvalue weighted by Crippen LogP contribution is -2.36. The molecule has 0 saturated carbocycles. The molecule has 3 heterocycles. The standard InChI is InChI=1S/C14H15F3N4O2/c15-14(16,17)11-7-12(22)21(9-19-11)8-10-1-4-20(5-2-10)13-18-3-6-23-13/h3,6-7,9-10H,1-2,4-5,8H2. The van der Waals surface area contributed by atoms with Gasteiger partial charge in [-0.1, -0.05) is 0 Å². The Labute approximate surface area is 129 Å². The number of alkyl halides is 3. The van der Waals surface area contributed by atoms with Crippen molar-refractivity contribution in [2.45, 2.75) is 25.6 Å². The molecular weight excluding hydrogens is 313 g/mol. The maximum Gasteiger partial charge on any atom is 0.433 e. The molecule has 6 nitrogen and oxygen atoms in total. The van der Waals surface area contributed by atoms with Gasteiger partial charge in [0.25, 0.3) is 11.6 Å². The van der Waals surface area contributed by atoms with Gasteiger partial charge in [0.2, 0.25) is 0 Å². The maximum absolute atomic E-state index is 12.5. The number of piperidine rings is 1. The zero-order valence-electron chi connectivity index (χ0n) is 12.2. The third-order valence-corrected chi connectivity index (χ3v) is 3.93. The quantitative estimate of drug-likeness (QED) is 0.864. The van der Waals surface area contributed by atoms with Gasteiger partial charge in [0.15, 0.2) is 5.69 Å². The average molecular weight is 328 g/mol. The SMILES string of the molecule is O=c1cc(C(F)(F)F)ncn1CC1CCN(c2ncco2)CC1. The molecule has 0 bridgehead atoms. The third-order valence-electron chi connectivity index (χ3n) is 3.93. The summed E-state index contributed by atoms with van der Waals surface area (Å²) >= 11 is 0. The topological polar surface area (TPSA) is 64.2 Å². The van der Waals surface area contributed by atoms with Crippen LogP contribution in [0.25, 0.3) is 0 Å². The fourth-order valence-electron chi connectivity index (χ4n) is 2.68. The molecule has 1 aliphatic heterocycles. The van der Waals surface area contributed by atoms with E-state index in [1.807, 2.05) is 4.90 Å². The molecule has 0 radical (unpaired) electrons. The molecule has 1 saturated heterocycles. The summed E-state index contributed by atoms with van der Waals surface area (Å²) in [5.41, 5.74) is -1.83. The first-order chi connectivity index (χ1) is 10.9. The van der Waals surface area contributed by atoms with E-state index in [9.17, 15) is 18.0 Å². The fourth-order valence-corrected chi connectivity index (χ4v) is 2.68. The van der Waals surface area contributed by atoms with E-state index in [-0.39, 0.29) is 5.92 Å². The number of rotatable bonds is 3. The van der Waals surface area contributed by atoms with Crippen molar-refractivity contribution in [1.29, 1.82) is 0 Å². The Morgan fingerprint density at radius 3 is 2.57 bits per heavy atom. The van der Waals surface area contributed by atoms with Crippen molar-refractivity contribution in [2.24, 2.45) is 5.92 Å². The summed E-state index contributed by atoms with van der Waals surface area (Å²) in [5.74, 6) is 0.206. The molecule has 2 aromatic rings. The molecule has 0 amide bonds. The molecule has 124 valence electrons. The van der Waals surface area contributed by atoms with Gasteiger partial charge in [0.05, 0.1) is 12.5 Å². The van der Waals surface area contributed by atoms with Gasteiger partial charge in [0, 0.05) is 25.7 Å². The van der Waals surface area contributed by atoms with Gasteiger partial charge in [-0.15, -0.1) is 0 Å². The Morgan fingerprint density at radius 1 is 1.26 bits per heavy atom. The van der Waals surface area contributed by atoms with Crippen LogP contribution >= 0.6 is 0 Å². The van der Waals surface area contributed by atoms with Gasteiger partial charge in [0.1, 0.15) is 6.26 Å². The van der Waals surface area contributed by atoms with Crippen molar-refractivity contribution in [1.82, 2.24) is 14.5 Å².